The van der Waals surface area contributed by atoms with E-state index in [4.69, 9.17) is 10.5 Å². The monoisotopic (exact) mass is 388 g/mol. The van der Waals surface area contributed by atoms with Gasteiger partial charge in [-0.3, -0.25) is 14.9 Å². The Labute approximate surface area is 153 Å². The SMILES string of the molecule is NC(=O)NC(=O)COC(=O)c1ccc2c(c1)S(=O)(=O)c1ccccc1C2=O. The zero-order valence-corrected chi connectivity index (χ0v) is 14.4. The summed E-state index contributed by atoms with van der Waals surface area (Å²) in [6, 6.07) is 8.12. The van der Waals surface area contributed by atoms with E-state index in [0.717, 1.165) is 6.07 Å². The van der Waals surface area contributed by atoms with Crippen LogP contribution in [0.1, 0.15) is 26.3 Å². The second-order valence-corrected chi connectivity index (χ2v) is 7.41. The zero-order valence-electron chi connectivity index (χ0n) is 13.6. The number of rotatable bonds is 3. The average molecular weight is 388 g/mol. The van der Waals surface area contributed by atoms with Gasteiger partial charge in [0.2, 0.25) is 9.84 Å². The maximum absolute atomic E-state index is 12.8. The van der Waals surface area contributed by atoms with E-state index in [1.807, 2.05) is 0 Å². The minimum absolute atomic E-state index is 0.0586. The van der Waals surface area contributed by atoms with Gasteiger partial charge in [0.05, 0.1) is 15.4 Å². The molecule has 9 nitrogen and oxygen atoms in total. The third-order valence-electron chi connectivity index (χ3n) is 3.77. The fourth-order valence-corrected chi connectivity index (χ4v) is 4.28. The van der Waals surface area contributed by atoms with Crippen LogP contribution in [0.4, 0.5) is 4.79 Å². The van der Waals surface area contributed by atoms with Gasteiger partial charge in [0.25, 0.3) is 5.91 Å². The van der Waals surface area contributed by atoms with E-state index in [9.17, 15) is 27.6 Å². The number of nitrogens with one attached hydrogen (secondary N) is 1. The van der Waals surface area contributed by atoms with Gasteiger partial charge in [0.15, 0.2) is 12.4 Å². The standard InChI is InChI=1S/C17H12N2O7S/c18-17(23)19-14(20)8-26-16(22)9-5-6-11-13(7-9)27(24,25)12-4-2-1-3-10(12)15(11)21/h1-7H,8H2,(H3,18,19,20,23). The van der Waals surface area contributed by atoms with Crippen LogP contribution in [0.15, 0.2) is 52.3 Å². The van der Waals surface area contributed by atoms with Crippen LogP contribution >= 0.6 is 0 Å². The smallest absolute Gasteiger partial charge is 0.338 e. The first-order valence-corrected chi connectivity index (χ1v) is 8.99. The summed E-state index contributed by atoms with van der Waals surface area (Å²) >= 11 is 0. The van der Waals surface area contributed by atoms with Crippen LogP contribution in [0.3, 0.4) is 0 Å². The molecule has 0 radical (unpaired) electrons. The highest BCUT2D eigenvalue weighted by Gasteiger charge is 2.35. The number of ketones is 1. The quantitative estimate of drug-likeness (QED) is 0.617. The molecule has 1 aliphatic rings. The number of amides is 3. The summed E-state index contributed by atoms with van der Waals surface area (Å²) < 4.78 is 30.3. The van der Waals surface area contributed by atoms with E-state index in [2.05, 4.69) is 0 Å². The van der Waals surface area contributed by atoms with Crippen molar-refractivity contribution in [1.82, 2.24) is 5.32 Å². The van der Waals surface area contributed by atoms with E-state index in [-0.39, 0.29) is 26.5 Å². The van der Waals surface area contributed by atoms with Crippen molar-refractivity contribution in [3.8, 4) is 0 Å². The lowest BCUT2D eigenvalue weighted by Gasteiger charge is -2.19. The van der Waals surface area contributed by atoms with Gasteiger partial charge in [0, 0.05) is 11.1 Å². The Balaban J connectivity index is 1.92. The lowest BCUT2D eigenvalue weighted by atomic mass is 10.0. The van der Waals surface area contributed by atoms with Crippen LogP contribution in [0.5, 0.6) is 0 Å². The van der Waals surface area contributed by atoms with Gasteiger partial charge >= 0.3 is 12.0 Å². The maximum Gasteiger partial charge on any atom is 0.338 e. The molecule has 0 bridgehead atoms. The van der Waals surface area contributed by atoms with Crippen molar-refractivity contribution in [3.05, 3.63) is 59.2 Å². The number of hydrogen-bond donors (Lipinski definition) is 2. The Morgan fingerprint density at radius 3 is 2.37 bits per heavy atom. The van der Waals surface area contributed by atoms with Gasteiger partial charge < -0.3 is 10.5 Å². The van der Waals surface area contributed by atoms with Gasteiger partial charge in [-0.25, -0.2) is 18.0 Å². The van der Waals surface area contributed by atoms with E-state index in [0.29, 0.717) is 0 Å². The van der Waals surface area contributed by atoms with Crippen LogP contribution in [0, 0.1) is 0 Å². The Morgan fingerprint density at radius 2 is 1.67 bits per heavy atom. The molecule has 2 aromatic carbocycles. The molecule has 0 saturated heterocycles. The van der Waals surface area contributed by atoms with Crippen molar-refractivity contribution in [1.29, 1.82) is 0 Å². The number of esters is 1. The molecular weight excluding hydrogens is 376 g/mol. The average Bonchev–Trinajstić information content (AvgIpc) is 2.63. The van der Waals surface area contributed by atoms with E-state index >= 15 is 0 Å². The molecule has 3 rings (SSSR count). The number of urea groups is 1. The summed E-state index contributed by atoms with van der Waals surface area (Å²) in [6.45, 7) is -0.784. The van der Waals surface area contributed by atoms with Crippen molar-refractivity contribution >= 4 is 33.5 Å². The van der Waals surface area contributed by atoms with E-state index in [1.165, 1.54) is 30.3 Å². The first-order valence-electron chi connectivity index (χ1n) is 7.51. The molecule has 3 amide bonds. The van der Waals surface area contributed by atoms with Gasteiger partial charge in [-0.15, -0.1) is 0 Å². The number of benzene rings is 2. The fraction of sp³-hybridized carbons (Fsp3) is 0.0588. The molecule has 2 aromatic rings. The molecule has 0 aromatic heterocycles. The number of carbonyl (C=O) groups excluding carboxylic acids is 4. The number of imide groups is 1. The molecule has 1 aliphatic heterocycles. The predicted molar refractivity (Wildman–Crippen MR) is 89.8 cm³/mol. The summed E-state index contributed by atoms with van der Waals surface area (Å²) in [7, 11) is -4.01. The number of fused-ring (bicyclic) bond motifs is 2. The minimum atomic E-state index is -4.01. The first-order chi connectivity index (χ1) is 12.7. The normalized spacial score (nSPS) is 13.9. The number of sulfone groups is 1. The van der Waals surface area contributed by atoms with Crippen LogP contribution in [0.25, 0.3) is 0 Å². The number of primary amides is 1. The highest BCUT2D eigenvalue weighted by Crippen LogP contribution is 2.34. The van der Waals surface area contributed by atoms with Crippen LogP contribution < -0.4 is 11.1 Å². The second-order valence-electron chi connectivity index (χ2n) is 5.53. The van der Waals surface area contributed by atoms with Gasteiger partial charge in [0.1, 0.15) is 0 Å². The Hall–Kier alpha value is -3.53. The van der Waals surface area contributed by atoms with Crippen molar-refractivity contribution in [2.24, 2.45) is 5.73 Å². The lowest BCUT2D eigenvalue weighted by Crippen LogP contribution is -2.37. The third kappa shape index (κ3) is 3.29. The topological polar surface area (TPSA) is 150 Å². The third-order valence-corrected chi connectivity index (χ3v) is 5.62. The Bertz CT molecular complexity index is 1110. The number of ether oxygens (including phenoxy) is 1. The van der Waals surface area contributed by atoms with Gasteiger partial charge in [-0.05, 0) is 30.3 Å². The van der Waals surface area contributed by atoms with Crippen molar-refractivity contribution in [2.75, 3.05) is 6.61 Å². The molecule has 0 unspecified atom stereocenters. The largest absolute Gasteiger partial charge is 0.452 e. The molecule has 3 N–H and O–H groups in total. The second kappa shape index (κ2) is 6.65. The van der Waals surface area contributed by atoms with E-state index in [1.54, 1.807) is 11.4 Å². The van der Waals surface area contributed by atoms with Crippen molar-refractivity contribution in [2.45, 2.75) is 9.79 Å². The highest BCUT2D eigenvalue weighted by atomic mass is 32.2. The van der Waals surface area contributed by atoms with Crippen LogP contribution in [-0.4, -0.2) is 38.7 Å². The summed E-state index contributed by atoms with van der Waals surface area (Å²) in [6.07, 6.45) is 0. The predicted octanol–water partition coefficient (Wildman–Crippen LogP) is 0.415. The zero-order chi connectivity index (χ0) is 19.8. The van der Waals surface area contributed by atoms with Crippen LogP contribution in [0.2, 0.25) is 0 Å². The molecule has 10 heteroatoms. The highest BCUT2D eigenvalue weighted by molar-refractivity contribution is 7.91. The van der Waals surface area contributed by atoms with Gasteiger partial charge in [-0.2, -0.15) is 0 Å². The molecule has 0 spiro atoms. The molecule has 0 saturated carbocycles. The Kier molecular flexibility index (Phi) is 4.50. The maximum atomic E-state index is 12.8. The molecule has 0 atom stereocenters. The molecule has 0 aliphatic carbocycles. The molecular formula is C17H12N2O7S. The number of carbonyl (C=O) groups is 4. The molecule has 1 heterocycles. The number of hydrogen-bond acceptors (Lipinski definition) is 7. The number of nitrogens with two attached hydrogens (primary N) is 1. The first kappa shape index (κ1) is 18.3. The fourth-order valence-electron chi connectivity index (χ4n) is 2.60. The van der Waals surface area contributed by atoms with E-state index < -0.39 is 40.1 Å². The minimum Gasteiger partial charge on any atom is -0.452 e. The van der Waals surface area contributed by atoms with Crippen molar-refractivity contribution < 1.29 is 32.3 Å². The summed E-state index contributed by atoms with van der Waals surface area (Å²) in [5.74, 6) is -2.42. The molecule has 138 valence electrons. The lowest BCUT2D eigenvalue weighted by molar-refractivity contribution is -0.123. The summed E-state index contributed by atoms with van der Waals surface area (Å²) in [4.78, 5) is 45.9. The van der Waals surface area contributed by atoms with Gasteiger partial charge in [-0.1, -0.05) is 12.1 Å². The summed E-state index contributed by atoms with van der Waals surface area (Å²) in [5, 5.41) is 1.71. The van der Waals surface area contributed by atoms with Crippen molar-refractivity contribution in [3.63, 3.8) is 0 Å². The summed E-state index contributed by atoms with van der Waals surface area (Å²) in [5.41, 5.74) is 4.59. The Morgan fingerprint density at radius 1 is 1.00 bits per heavy atom. The van der Waals surface area contributed by atoms with Crippen LogP contribution in [-0.2, 0) is 19.4 Å². The molecule has 0 fully saturated rings. The molecule has 27 heavy (non-hydrogen) atoms.